The fraction of sp³-hybridized carbons (Fsp3) is 0.462. The standard InChI is InChI=1S/C13H17N3O/c1-13(2,3)9-16(4)12(17)11-7-10(8-14)5-6-15-11/h5-7H,9H2,1-4H3. The van der Waals surface area contributed by atoms with Gasteiger partial charge in [0.2, 0.25) is 0 Å². The van der Waals surface area contributed by atoms with Gasteiger partial charge in [-0.05, 0) is 17.5 Å². The third kappa shape index (κ3) is 3.87. The van der Waals surface area contributed by atoms with Crippen LogP contribution < -0.4 is 0 Å². The van der Waals surface area contributed by atoms with Gasteiger partial charge in [0.05, 0.1) is 11.6 Å². The monoisotopic (exact) mass is 231 g/mol. The number of nitrogens with zero attached hydrogens (tertiary/aromatic N) is 3. The van der Waals surface area contributed by atoms with Crippen LogP contribution in [0.4, 0.5) is 0 Å². The molecular formula is C13H17N3O. The first kappa shape index (κ1) is 13.2. The lowest BCUT2D eigenvalue weighted by Gasteiger charge is -2.26. The lowest BCUT2D eigenvalue weighted by Crippen LogP contribution is -2.34. The molecule has 0 fully saturated rings. The van der Waals surface area contributed by atoms with E-state index < -0.39 is 0 Å². The summed E-state index contributed by atoms with van der Waals surface area (Å²) < 4.78 is 0. The van der Waals surface area contributed by atoms with Crippen molar-refractivity contribution >= 4 is 5.91 Å². The molecule has 1 aromatic rings. The van der Waals surface area contributed by atoms with Crippen molar-refractivity contribution in [1.29, 1.82) is 5.26 Å². The predicted molar refractivity (Wildman–Crippen MR) is 65.4 cm³/mol. The molecule has 90 valence electrons. The molecule has 0 radical (unpaired) electrons. The second-order valence-electron chi connectivity index (χ2n) is 5.26. The van der Waals surface area contributed by atoms with Crippen molar-refractivity contribution in [3.05, 3.63) is 29.6 Å². The van der Waals surface area contributed by atoms with Crippen molar-refractivity contribution in [2.24, 2.45) is 5.41 Å². The maximum atomic E-state index is 12.0. The molecular weight excluding hydrogens is 214 g/mol. The number of aromatic nitrogens is 1. The van der Waals surface area contributed by atoms with Gasteiger partial charge in [0, 0.05) is 19.8 Å². The van der Waals surface area contributed by atoms with E-state index in [1.54, 1.807) is 18.0 Å². The summed E-state index contributed by atoms with van der Waals surface area (Å²) in [5.74, 6) is -0.156. The smallest absolute Gasteiger partial charge is 0.272 e. The van der Waals surface area contributed by atoms with Crippen molar-refractivity contribution in [2.45, 2.75) is 20.8 Å². The highest BCUT2D eigenvalue weighted by molar-refractivity contribution is 5.92. The Morgan fingerprint density at radius 3 is 2.71 bits per heavy atom. The lowest BCUT2D eigenvalue weighted by molar-refractivity contribution is 0.0740. The summed E-state index contributed by atoms with van der Waals surface area (Å²) in [5.41, 5.74) is 0.806. The number of rotatable bonds is 2. The van der Waals surface area contributed by atoms with Gasteiger partial charge in [-0.2, -0.15) is 5.26 Å². The predicted octanol–water partition coefficient (Wildman–Crippen LogP) is 2.07. The van der Waals surface area contributed by atoms with Crippen LogP contribution in [0.15, 0.2) is 18.3 Å². The van der Waals surface area contributed by atoms with Crippen LogP contribution in [0.25, 0.3) is 0 Å². The zero-order valence-corrected chi connectivity index (χ0v) is 10.7. The molecule has 17 heavy (non-hydrogen) atoms. The van der Waals surface area contributed by atoms with Gasteiger partial charge in [-0.1, -0.05) is 20.8 Å². The minimum atomic E-state index is -0.156. The van der Waals surface area contributed by atoms with Crippen molar-refractivity contribution in [1.82, 2.24) is 9.88 Å². The fourth-order valence-corrected chi connectivity index (χ4v) is 1.60. The van der Waals surface area contributed by atoms with E-state index in [0.717, 1.165) is 0 Å². The number of amides is 1. The van der Waals surface area contributed by atoms with Crippen LogP contribution >= 0.6 is 0 Å². The Hall–Kier alpha value is -1.89. The van der Waals surface area contributed by atoms with Crippen LogP contribution in [-0.2, 0) is 0 Å². The third-order valence-electron chi connectivity index (χ3n) is 2.17. The molecule has 0 atom stereocenters. The van der Waals surface area contributed by atoms with Crippen LogP contribution in [0.1, 0.15) is 36.8 Å². The zero-order valence-electron chi connectivity index (χ0n) is 10.7. The van der Waals surface area contributed by atoms with E-state index in [-0.39, 0.29) is 11.3 Å². The van der Waals surface area contributed by atoms with E-state index >= 15 is 0 Å². The summed E-state index contributed by atoms with van der Waals surface area (Å²) in [6, 6.07) is 5.10. The van der Waals surface area contributed by atoms with Crippen molar-refractivity contribution in [2.75, 3.05) is 13.6 Å². The van der Waals surface area contributed by atoms with Crippen LogP contribution in [0.2, 0.25) is 0 Å². The van der Waals surface area contributed by atoms with Crippen molar-refractivity contribution < 1.29 is 4.79 Å². The number of carbonyl (C=O) groups is 1. The van der Waals surface area contributed by atoms with Gasteiger partial charge in [-0.3, -0.25) is 9.78 Å². The summed E-state index contributed by atoms with van der Waals surface area (Å²) in [6.07, 6.45) is 1.48. The summed E-state index contributed by atoms with van der Waals surface area (Å²) in [4.78, 5) is 17.7. The Kier molecular flexibility index (Phi) is 3.84. The first-order valence-corrected chi connectivity index (χ1v) is 5.45. The molecule has 0 unspecified atom stereocenters. The Bertz CT molecular complexity index is 454. The first-order chi connectivity index (χ1) is 7.83. The van der Waals surface area contributed by atoms with Gasteiger partial charge in [-0.25, -0.2) is 0 Å². The van der Waals surface area contributed by atoms with Crippen LogP contribution in [0.5, 0.6) is 0 Å². The average Bonchev–Trinajstić information content (AvgIpc) is 2.26. The van der Waals surface area contributed by atoms with Gasteiger partial charge < -0.3 is 4.90 Å². The molecule has 1 amide bonds. The van der Waals surface area contributed by atoms with E-state index in [1.165, 1.54) is 12.3 Å². The Labute approximate surface area is 102 Å². The van der Waals surface area contributed by atoms with E-state index in [0.29, 0.717) is 17.8 Å². The van der Waals surface area contributed by atoms with Crippen LogP contribution in [0.3, 0.4) is 0 Å². The SMILES string of the molecule is CN(CC(C)(C)C)C(=O)c1cc(C#N)ccn1. The molecule has 1 aromatic heterocycles. The highest BCUT2D eigenvalue weighted by Crippen LogP contribution is 2.15. The van der Waals surface area contributed by atoms with Gasteiger partial charge in [0.25, 0.3) is 5.91 Å². The molecule has 0 saturated carbocycles. The maximum absolute atomic E-state index is 12.0. The Morgan fingerprint density at radius 1 is 1.53 bits per heavy atom. The molecule has 1 rings (SSSR count). The molecule has 1 heterocycles. The fourth-order valence-electron chi connectivity index (χ4n) is 1.60. The van der Waals surface area contributed by atoms with E-state index in [2.05, 4.69) is 25.8 Å². The number of carbonyl (C=O) groups excluding carboxylic acids is 1. The van der Waals surface area contributed by atoms with Gasteiger partial charge in [0.1, 0.15) is 5.69 Å². The topological polar surface area (TPSA) is 57.0 Å². The Morgan fingerprint density at radius 2 is 2.18 bits per heavy atom. The highest BCUT2D eigenvalue weighted by atomic mass is 16.2. The normalized spacial score (nSPS) is 10.8. The van der Waals surface area contributed by atoms with Gasteiger partial charge in [-0.15, -0.1) is 0 Å². The van der Waals surface area contributed by atoms with E-state index in [4.69, 9.17) is 5.26 Å². The number of hydrogen-bond donors (Lipinski definition) is 0. The number of hydrogen-bond acceptors (Lipinski definition) is 3. The second kappa shape index (κ2) is 4.96. The molecule has 4 heteroatoms. The van der Waals surface area contributed by atoms with Crippen LogP contribution in [-0.4, -0.2) is 29.4 Å². The first-order valence-electron chi connectivity index (χ1n) is 5.45. The summed E-state index contributed by atoms with van der Waals surface area (Å²) in [7, 11) is 1.74. The second-order valence-corrected chi connectivity index (χ2v) is 5.26. The minimum absolute atomic E-state index is 0.0389. The average molecular weight is 231 g/mol. The lowest BCUT2D eigenvalue weighted by atomic mass is 9.96. The molecule has 0 aliphatic heterocycles. The third-order valence-corrected chi connectivity index (χ3v) is 2.17. The summed E-state index contributed by atoms with van der Waals surface area (Å²) in [6.45, 7) is 6.84. The van der Waals surface area contributed by atoms with Gasteiger partial charge in [0.15, 0.2) is 0 Å². The van der Waals surface area contributed by atoms with Crippen LogP contribution in [0, 0.1) is 16.7 Å². The molecule has 0 aliphatic rings. The quantitative estimate of drug-likeness (QED) is 0.783. The summed E-state index contributed by atoms with van der Waals surface area (Å²) in [5, 5.41) is 8.77. The van der Waals surface area contributed by atoms with Gasteiger partial charge >= 0.3 is 0 Å². The largest absolute Gasteiger partial charge is 0.340 e. The molecule has 0 aromatic carbocycles. The Balaban J connectivity index is 2.86. The van der Waals surface area contributed by atoms with E-state index in [1.807, 2.05) is 6.07 Å². The molecule has 0 N–H and O–H groups in total. The van der Waals surface area contributed by atoms with Crippen molar-refractivity contribution in [3.63, 3.8) is 0 Å². The molecule has 4 nitrogen and oxygen atoms in total. The minimum Gasteiger partial charge on any atom is -0.340 e. The number of pyridine rings is 1. The van der Waals surface area contributed by atoms with E-state index in [9.17, 15) is 4.79 Å². The maximum Gasteiger partial charge on any atom is 0.272 e. The molecule has 0 spiro atoms. The zero-order chi connectivity index (χ0) is 13.1. The highest BCUT2D eigenvalue weighted by Gasteiger charge is 2.19. The summed E-state index contributed by atoms with van der Waals surface area (Å²) >= 11 is 0. The molecule has 0 aliphatic carbocycles. The molecule has 0 bridgehead atoms. The number of nitriles is 1. The van der Waals surface area contributed by atoms with Crippen molar-refractivity contribution in [3.8, 4) is 6.07 Å². The molecule has 0 saturated heterocycles.